The first-order chi connectivity index (χ1) is 13.9. The summed E-state index contributed by atoms with van der Waals surface area (Å²) < 4.78 is 1.92. The summed E-state index contributed by atoms with van der Waals surface area (Å²) in [5.41, 5.74) is 5.02. The fourth-order valence-corrected chi connectivity index (χ4v) is 4.16. The average Bonchev–Trinajstić information content (AvgIpc) is 3.37. The number of hydrogen-bond donors (Lipinski definition) is 1. The van der Waals surface area contributed by atoms with E-state index in [4.69, 9.17) is 0 Å². The Hall–Kier alpha value is -2.91. The van der Waals surface area contributed by atoms with Gasteiger partial charge in [-0.2, -0.15) is 5.26 Å². The van der Waals surface area contributed by atoms with Crippen molar-refractivity contribution in [2.75, 3.05) is 25.0 Å². The molecule has 0 spiro atoms. The predicted molar refractivity (Wildman–Crippen MR) is 117 cm³/mol. The molecule has 0 atom stereocenters. The van der Waals surface area contributed by atoms with Crippen LogP contribution in [0.2, 0.25) is 0 Å². The fraction of sp³-hybridized carbons (Fsp3) is 0.435. The molecule has 6 heteroatoms. The van der Waals surface area contributed by atoms with Crippen LogP contribution in [0.1, 0.15) is 38.1 Å². The number of nitriles is 1. The van der Waals surface area contributed by atoms with Crippen LogP contribution in [0.25, 0.3) is 22.3 Å². The molecule has 1 aromatic carbocycles. The van der Waals surface area contributed by atoms with Crippen LogP contribution in [0.15, 0.2) is 30.5 Å². The molecule has 6 nitrogen and oxygen atoms in total. The molecule has 0 aliphatic carbocycles. The highest BCUT2D eigenvalue weighted by Gasteiger charge is 2.28. The summed E-state index contributed by atoms with van der Waals surface area (Å²) >= 11 is 0. The highest BCUT2D eigenvalue weighted by atomic mass is 15.2. The molecule has 1 aliphatic heterocycles. The molecule has 0 saturated carbocycles. The van der Waals surface area contributed by atoms with E-state index >= 15 is 0 Å². The number of aromatic nitrogens is 3. The van der Waals surface area contributed by atoms with Crippen LogP contribution >= 0.6 is 0 Å². The Bertz CT molecular complexity index is 1080. The van der Waals surface area contributed by atoms with Crippen LogP contribution < -0.4 is 5.32 Å². The van der Waals surface area contributed by atoms with E-state index in [1.165, 1.54) is 31.5 Å². The molecule has 0 bridgehead atoms. The summed E-state index contributed by atoms with van der Waals surface area (Å²) in [6.45, 7) is 10.0. The number of anilines is 1. The van der Waals surface area contributed by atoms with Crippen molar-refractivity contribution >= 4 is 16.7 Å². The molecule has 150 valence electrons. The van der Waals surface area contributed by atoms with E-state index in [1.54, 1.807) is 0 Å². The summed E-state index contributed by atoms with van der Waals surface area (Å²) in [6, 6.07) is 10.4. The molecular weight excluding hydrogens is 360 g/mol. The third-order valence-corrected chi connectivity index (χ3v) is 6.00. The number of fused-ring (bicyclic) bond motifs is 1. The largest absolute Gasteiger partial charge is 0.383 e. The fourth-order valence-electron chi connectivity index (χ4n) is 4.16. The number of nitrogens with zero attached hydrogens (tertiary/aromatic N) is 5. The summed E-state index contributed by atoms with van der Waals surface area (Å²) in [7, 11) is 1.93. The maximum atomic E-state index is 9.33. The zero-order chi connectivity index (χ0) is 20.6. The monoisotopic (exact) mass is 388 g/mol. The van der Waals surface area contributed by atoms with E-state index in [0.717, 1.165) is 34.5 Å². The summed E-state index contributed by atoms with van der Waals surface area (Å²) in [5, 5.41) is 13.9. The van der Waals surface area contributed by atoms with E-state index < -0.39 is 0 Å². The molecule has 0 unspecified atom stereocenters. The average molecular weight is 389 g/mol. The second kappa shape index (κ2) is 7.49. The Morgan fingerprint density at radius 2 is 1.93 bits per heavy atom. The standard InChI is InChI=1S/C23H28N6/c1-16-13-17(21-18-9-12-28(4)22(18)27-20(14-24)26-21)7-8-19(16)25-15-23(2,3)29-10-5-6-11-29/h7-9,12-13,25H,5-6,10-11,15H2,1-4H3. The lowest BCUT2D eigenvalue weighted by Gasteiger charge is -2.36. The molecule has 4 rings (SSSR count). The maximum absolute atomic E-state index is 9.33. The van der Waals surface area contributed by atoms with Crippen molar-refractivity contribution in [1.82, 2.24) is 19.4 Å². The van der Waals surface area contributed by atoms with Gasteiger partial charge in [0.1, 0.15) is 11.7 Å². The minimum absolute atomic E-state index is 0.131. The van der Waals surface area contributed by atoms with E-state index in [9.17, 15) is 5.26 Å². The first-order valence-corrected chi connectivity index (χ1v) is 10.2. The van der Waals surface area contributed by atoms with Crippen molar-refractivity contribution in [2.45, 2.75) is 39.2 Å². The number of nitrogens with one attached hydrogen (secondary N) is 1. The second-order valence-electron chi connectivity index (χ2n) is 8.56. The lowest BCUT2D eigenvalue weighted by Crippen LogP contribution is -2.47. The maximum Gasteiger partial charge on any atom is 0.234 e. The van der Waals surface area contributed by atoms with E-state index in [1.807, 2.05) is 23.9 Å². The SMILES string of the molecule is Cc1cc(-c2nc(C#N)nc3c2ccn3C)ccc1NCC(C)(C)N1CCCC1. The van der Waals surface area contributed by atoms with Crippen molar-refractivity contribution in [3.8, 4) is 17.3 Å². The number of benzene rings is 1. The number of rotatable bonds is 5. The normalized spacial score (nSPS) is 15.0. The molecule has 3 aromatic rings. The van der Waals surface area contributed by atoms with Crippen molar-refractivity contribution in [1.29, 1.82) is 5.26 Å². The van der Waals surface area contributed by atoms with Crippen molar-refractivity contribution in [2.24, 2.45) is 7.05 Å². The highest BCUT2D eigenvalue weighted by molar-refractivity contribution is 5.91. The van der Waals surface area contributed by atoms with Crippen LogP contribution in [0.5, 0.6) is 0 Å². The Balaban J connectivity index is 1.61. The molecule has 0 amide bonds. The van der Waals surface area contributed by atoms with Gasteiger partial charge < -0.3 is 9.88 Å². The number of aryl methyl sites for hydroxylation is 2. The van der Waals surface area contributed by atoms with Gasteiger partial charge in [-0.25, -0.2) is 9.97 Å². The molecule has 1 saturated heterocycles. The van der Waals surface area contributed by atoms with Gasteiger partial charge in [-0.1, -0.05) is 6.07 Å². The molecular formula is C23H28N6. The van der Waals surface area contributed by atoms with Crippen LogP contribution in [0.4, 0.5) is 5.69 Å². The molecule has 1 N–H and O–H groups in total. The van der Waals surface area contributed by atoms with E-state index in [-0.39, 0.29) is 11.4 Å². The summed E-state index contributed by atoms with van der Waals surface area (Å²) in [6.07, 6.45) is 4.55. The second-order valence-corrected chi connectivity index (χ2v) is 8.56. The minimum Gasteiger partial charge on any atom is -0.383 e. The summed E-state index contributed by atoms with van der Waals surface area (Å²) in [5.74, 6) is 0.196. The number of likely N-dealkylation sites (tertiary alicyclic amines) is 1. The van der Waals surface area contributed by atoms with Crippen LogP contribution in [-0.2, 0) is 7.05 Å². The number of hydrogen-bond acceptors (Lipinski definition) is 5. The third-order valence-electron chi connectivity index (χ3n) is 6.00. The van der Waals surface area contributed by atoms with Crippen molar-refractivity contribution in [3.63, 3.8) is 0 Å². The molecule has 1 aliphatic rings. The zero-order valence-electron chi connectivity index (χ0n) is 17.7. The minimum atomic E-state index is 0.131. The lowest BCUT2D eigenvalue weighted by atomic mass is 10.0. The van der Waals surface area contributed by atoms with E-state index in [2.05, 4.69) is 65.2 Å². The van der Waals surface area contributed by atoms with Crippen LogP contribution in [0.3, 0.4) is 0 Å². The van der Waals surface area contributed by atoms with E-state index in [0.29, 0.717) is 0 Å². The van der Waals surface area contributed by atoms with Gasteiger partial charge in [-0.15, -0.1) is 0 Å². The lowest BCUT2D eigenvalue weighted by molar-refractivity contribution is 0.168. The molecule has 3 heterocycles. The topological polar surface area (TPSA) is 69.8 Å². The van der Waals surface area contributed by atoms with Gasteiger partial charge in [0.25, 0.3) is 0 Å². The van der Waals surface area contributed by atoms with Gasteiger partial charge in [0.05, 0.1) is 5.69 Å². The zero-order valence-corrected chi connectivity index (χ0v) is 17.7. The van der Waals surface area contributed by atoms with Gasteiger partial charge in [-0.3, -0.25) is 4.90 Å². The molecule has 1 fully saturated rings. The Morgan fingerprint density at radius 3 is 2.62 bits per heavy atom. The van der Waals surface area contributed by atoms with Gasteiger partial charge in [-0.05, 0) is 70.5 Å². The molecule has 29 heavy (non-hydrogen) atoms. The third kappa shape index (κ3) is 3.70. The Labute approximate surface area is 172 Å². The highest BCUT2D eigenvalue weighted by Crippen LogP contribution is 2.30. The van der Waals surface area contributed by atoms with Crippen molar-refractivity contribution in [3.05, 3.63) is 41.9 Å². The van der Waals surface area contributed by atoms with Crippen LogP contribution in [-0.4, -0.2) is 44.6 Å². The molecule has 2 aromatic heterocycles. The Kier molecular flexibility index (Phi) is 5.01. The van der Waals surface area contributed by atoms with Gasteiger partial charge >= 0.3 is 0 Å². The molecule has 0 radical (unpaired) electrons. The first-order valence-electron chi connectivity index (χ1n) is 10.2. The first kappa shape index (κ1) is 19.4. The van der Waals surface area contributed by atoms with Crippen molar-refractivity contribution < 1.29 is 0 Å². The van der Waals surface area contributed by atoms with Crippen LogP contribution in [0, 0.1) is 18.3 Å². The Morgan fingerprint density at radius 1 is 1.17 bits per heavy atom. The van der Waals surface area contributed by atoms with Gasteiger partial charge in [0.2, 0.25) is 5.82 Å². The summed E-state index contributed by atoms with van der Waals surface area (Å²) in [4.78, 5) is 11.4. The predicted octanol–water partition coefficient (Wildman–Crippen LogP) is 4.10. The quantitative estimate of drug-likeness (QED) is 0.712. The smallest absolute Gasteiger partial charge is 0.234 e. The van der Waals surface area contributed by atoms with Gasteiger partial charge in [0.15, 0.2) is 0 Å². The van der Waals surface area contributed by atoms with Gasteiger partial charge in [0, 0.05) is 42.0 Å².